The molecule has 0 amide bonds. The number of hydrogen-bond donors (Lipinski definition) is 3. The van der Waals surface area contributed by atoms with E-state index in [-0.39, 0.29) is 17.6 Å². The molecule has 1 aliphatic carbocycles. The molecule has 1 saturated carbocycles. The second-order valence-corrected chi connectivity index (χ2v) is 6.59. The van der Waals surface area contributed by atoms with Gasteiger partial charge in [-0.15, -0.1) is 0 Å². The number of pyridine rings is 1. The smallest absolute Gasteiger partial charge is 0.259 e. The van der Waals surface area contributed by atoms with E-state index >= 15 is 0 Å². The van der Waals surface area contributed by atoms with Crippen molar-refractivity contribution in [3.63, 3.8) is 0 Å². The van der Waals surface area contributed by atoms with Crippen LogP contribution in [0.2, 0.25) is 0 Å². The average molecular weight is 339 g/mol. The first-order valence-electron chi connectivity index (χ1n) is 8.51. The zero-order valence-corrected chi connectivity index (χ0v) is 14.1. The topological polar surface area (TPSA) is 115 Å². The van der Waals surface area contributed by atoms with E-state index in [9.17, 15) is 4.79 Å². The molecule has 4 N–H and O–H groups in total. The van der Waals surface area contributed by atoms with Crippen LogP contribution in [0.5, 0.6) is 0 Å². The van der Waals surface area contributed by atoms with E-state index in [1.165, 1.54) is 6.42 Å². The van der Waals surface area contributed by atoms with E-state index in [0.717, 1.165) is 30.4 Å². The number of aryl methyl sites for hydroxylation is 1. The largest absolute Gasteiger partial charge is 0.350 e. The van der Waals surface area contributed by atoms with Crippen LogP contribution in [-0.4, -0.2) is 36.8 Å². The maximum Gasteiger partial charge on any atom is 0.259 e. The van der Waals surface area contributed by atoms with Crippen molar-refractivity contribution >= 4 is 16.9 Å². The van der Waals surface area contributed by atoms with Crippen LogP contribution >= 0.6 is 0 Å². The summed E-state index contributed by atoms with van der Waals surface area (Å²) >= 11 is 0. The molecule has 130 valence electrons. The normalized spacial score (nSPS) is 20.7. The molecule has 0 aromatic carbocycles. The van der Waals surface area contributed by atoms with Crippen molar-refractivity contribution in [2.45, 2.75) is 37.8 Å². The number of rotatable bonds is 3. The lowest BCUT2D eigenvalue weighted by atomic mass is 9.91. The van der Waals surface area contributed by atoms with Crippen LogP contribution in [0.15, 0.2) is 29.6 Å². The molecule has 8 heteroatoms. The minimum absolute atomic E-state index is 0.102. The van der Waals surface area contributed by atoms with E-state index in [2.05, 4.69) is 25.4 Å². The van der Waals surface area contributed by atoms with Crippen LogP contribution < -0.4 is 16.6 Å². The molecule has 8 nitrogen and oxygen atoms in total. The molecule has 1 fully saturated rings. The van der Waals surface area contributed by atoms with Gasteiger partial charge in [0.25, 0.3) is 5.56 Å². The summed E-state index contributed by atoms with van der Waals surface area (Å²) in [6.07, 6.45) is 11.2. The van der Waals surface area contributed by atoms with Crippen molar-refractivity contribution < 1.29 is 0 Å². The molecular weight excluding hydrogens is 318 g/mol. The third-order valence-corrected chi connectivity index (χ3v) is 4.79. The summed E-state index contributed by atoms with van der Waals surface area (Å²) in [5.41, 5.74) is 8.32. The minimum atomic E-state index is -0.205. The van der Waals surface area contributed by atoms with Crippen LogP contribution in [0.25, 0.3) is 22.0 Å². The number of fused-ring (bicyclic) bond motifs is 1. The summed E-state index contributed by atoms with van der Waals surface area (Å²) in [6, 6.07) is 0.264. The zero-order chi connectivity index (χ0) is 17.4. The minimum Gasteiger partial charge on any atom is -0.350 e. The predicted octanol–water partition coefficient (Wildman–Crippen LogP) is 1.40. The van der Waals surface area contributed by atoms with Gasteiger partial charge >= 0.3 is 0 Å². The Balaban J connectivity index is 1.77. The van der Waals surface area contributed by atoms with E-state index in [0.29, 0.717) is 16.9 Å². The highest BCUT2D eigenvalue weighted by molar-refractivity contribution is 5.92. The summed E-state index contributed by atoms with van der Waals surface area (Å²) in [5.74, 6) is 0.505. The second kappa shape index (κ2) is 6.29. The van der Waals surface area contributed by atoms with E-state index < -0.39 is 0 Å². The Hall–Kier alpha value is -2.74. The van der Waals surface area contributed by atoms with Crippen LogP contribution in [0.3, 0.4) is 0 Å². The first-order valence-corrected chi connectivity index (χ1v) is 8.51. The third-order valence-electron chi connectivity index (χ3n) is 4.79. The fourth-order valence-electron chi connectivity index (χ4n) is 3.39. The molecule has 0 unspecified atom stereocenters. The summed E-state index contributed by atoms with van der Waals surface area (Å²) in [5, 5.41) is 8.00. The number of nitrogens with one attached hydrogen (secondary N) is 2. The van der Waals surface area contributed by atoms with Crippen LogP contribution in [0.4, 0.5) is 5.95 Å². The van der Waals surface area contributed by atoms with Gasteiger partial charge in [0.2, 0.25) is 5.95 Å². The summed E-state index contributed by atoms with van der Waals surface area (Å²) in [6.45, 7) is 0. The van der Waals surface area contributed by atoms with Crippen LogP contribution in [0, 0.1) is 0 Å². The SMILES string of the molecule is Cn1cc(-c2c[nH]c(=O)c3cnc(N[C@H]4CCCC[C@H]4N)nc23)cn1. The first-order chi connectivity index (χ1) is 12.1. The monoisotopic (exact) mass is 339 g/mol. The maximum absolute atomic E-state index is 12.1. The molecule has 3 heterocycles. The third kappa shape index (κ3) is 3.00. The Labute approximate surface area is 144 Å². The van der Waals surface area contributed by atoms with Gasteiger partial charge in [0.1, 0.15) is 0 Å². The van der Waals surface area contributed by atoms with Crippen LogP contribution in [-0.2, 0) is 7.05 Å². The number of H-pyrrole nitrogens is 1. The highest BCUT2D eigenvalue weighted by Gasteiger charge is 2.22. The Morgan fingerprint density at radius 1 is 1.32 bits per heavy atom. The summed E-state index contributed by atoms with van der Waals surface area (Å²) < 4.78 is 1.72. The fourth-order valence-corrected chi connectivity index (χ4v) is 3.39. The number of nitrogens with zero attached hydrogens (tertiary/aromatic N) is 4. The highest BCUT2D eigenvalue weighted by atomic mass is 16.1. The molecule has 1 aliphatic rings. The van der Waals surface area contributed by atoms with Gasteiger partial charge in [0.05, 0.1) is 17.1 Å². The summed E-state index contributed by atoms with van der Waals surface area (Å²) in [4.78, 5) is 23.8. The molecule has 4 rings (SSSR count). The lowest BCUT2D eigenvalue weighted by molar-refractivity contribution is 0.402. The van der Waals surface area contributed by atoms with Gasteiger partial charge in [-0.1, -0.05) is 12.8 Å². The Bertz CT molecular complexity index is 961. The lowest BCUT2D eigenvalue weighted by Crippen LogP contribution is -2.42. The zero-order valence-electron chi connectivity index (χ0n) is 14.1. The number of hydrogen-bond acceptors (Lipinski definition) is 6. The van der Waals surface area contributed by atoms with E-state index in [1.54, 1.807) is 23.3 Å². The van der Waals surface area contributed by atoms with Gasteiger partial charge in [0, 0.05) is 48.8 Å². The van der Waals surface area contributed by atoms with Gasteiger partial charge < -0.3 is 16.0 Å². The molecule has 3 aromatic rings. The lowest BCUT2D eigenvalue weighted by Gasteiger charge is -2.29. The summed E-state index contributed by atoms with van der Waals surface area (Å²) in [7, 11) is 1.85. The van der Waals surface area contributed by atoms with Crippen molar-refractivity contribution in [2.24, 2.45) is 12.8 Å². The molecule has 0 aliphatic heterocycles. The van der Waals surface area contributed by atoms with Crippen molar-refractivity contribution in [1.29, 1.82) is 0 Å². The molecular formula is C17H21N7O. The van der Waals surface area contributed by atoms with Gasteiger partial charge in [-0.05, 0) is 12.8 Å². The predicted molar refractivity (Wildman–Crippen MR) is 96.2 cm³/mol. The quantitative estimate of drug-likeness (QED) is 0.664. The standard InChI is InChI=1S/C17H21N7O/c1-24-9-10(6-21-24)11-7-19-16(25)12-8-20-17(23-15(11)12)22-14-5-3-2-4-13(14)18/h6-9,13-14H,2-5,18H2,1H3,(H,19,25)(H,20,22,23)/t13-,14+/m1/s1. The maximum atomic E-state index is 12.1. The molecule has 0 radical (unpaired) electrons. The second-order valence-electron chi connectivity index (χ2n) is 6.59. The highest BCUT2D eigenvalue weighted by Crippen LogP contribution is 2.25. The van der Waals surface area contributed by atoms with Crippen LogP contribution in [0.1, 0.15) is 25.7 Å². The number of aromatic amines is 1. The molecule has 0 spiro atoms. The molecule has 0 bridgehead atoms. The van der Waals surface area contributed by atoms with E-state index in [1.807, 2.05) is 13.2 Å². The molecule has 2 atom stereocenters. The van der Waals surface area contributed by atoms with Gasteiger partial charge in [-0.25, -0.2) is 9.97 Å². The van der Waals surface area contributed by atoms with Gasteiger partial charge in [-0.3, -0.25) is 9.48 Å². The van der Waals surface area contributed by atoms with Gasteiger partial charge in [-0.2, -0.15) is 5.10 Å². The van der Waals surface area contributed by atoms with Crippen molar-refractivity contribution in [2.75, 3.05) is 5.32 Å². The molecule has 0 saturated heterocycles. The number of aromatic nitrogens is 5. The van der Waals surface area contributed by atoms with Crippen molar-refractivity contribution in [1.82, 2.24) is 24.7 Å². The Morgan fingerprint density at radius 3 is 2.92 bits per heavy atom. The van der Waals surface area contributed by atoms with Gasteiger partial charge in [0.15, 0.2) is 0 Å². The number of anilines is 1. The first kappa shape index (κ1) is 15.8. The van der Waals surface area contributed by atoms with E-state index in [4.69, 9.17) is 5.73 Å². The molecule has 3 aromatic heterocycles. The Kier molecular flexibility index (Phi) is 3.96. The Morgan fingerprint density at radius 2 is 2.16 bits per heavy atom. The number of nitrogens with two attached hydrogens (primary N) is 1. The fraction of sp³-hybridized carbons (Fsp3) is 0.412. The average Bonchev–Trinajstić information content (AvgIpc) is 3.03. The van der Waals surface area contributed by atoms with Crippen molar-refractivity contribution in [3.8, 4) is 11.1 Å². The van der Waals surface area contributed by atoms with Crippen molar-refractivity contribution in [3.05, 3.63) is 35.1 Å². The molecule has 25 heavy (non-hydrogen) atoms.